The predicted octanol–water partition coefficient (Wildman–Crippen LogP) is 2.02. The second kappa shape index (κ2) is 4.59. The molecule has 0 aliphatic carbocycles. The quantitative estimate of drug-likeness (QED) is 0.842. The normalized spacial score (nSPS) is 19.6. The van der Waals surface area contributed by atoms with E-state index < -0.39 is 17.4 Å². The summed E-state index contributed by atoms with van der Waals surface area (Å²) in [6, 6.07) is 3.26. The van der Waals surface area contributed by atoms with E-state index in [1.165, 1.54) is 6.07 Å². The van der Waals surface area contributed by atoms with Gasteiger partial charge in [-0.15, -0.1) is 0 Å². The number of alkyl halides is 3. The summed E-state index contributed by atoms with van der Waals surface area (Å²) >= 11 is 0. The fourth-order valence-electron chi connectivity index (χ4n) is 2.57. The molecule has 1 fully saturated rings. The number of hydrogen-bond acceptors (Lipinski definition) is 3. The number of H-pyrrole nitrogens is 1. The second-order valence-corrected chi connectivity index (χ2v) is 4.88. The Morgan fingerprint density at radius 3 is 2.75 bits per heavy atom. The summed E-state index contributed by atoms with van der Waals surface area (Å²) < 4.78 is 38.4. The Kier molecular flexibility index (Phi) is 3.01. The molecule has 0 radical (unpaired) electrons. The summed E-state index contributed by atoms with van der Waals surface area (Å²) in [5.74, 6) is 0.0108. The van der Waals surface area contributed by atoms with Crippen LogP contribution in [0, 0.1) is 0 Å². The number of aromatic nitrogens is 2. The Morgan fingerprint density at radius 2 is 2.10 bits per heavy atom. The Bertz CT molecular complexity index is 702. The van der Waals surface area contributed by atoms with Crippen LogP contribution in [-0.4, -0.2) is 23.1 Å². The number of fused-ring (bicyclic) bond motifs is 1. The zero-order chi connectivity index (χ0) is 14.3. The molecule has 0 saturated carbocycles. The Hall–Kier alpha value is -1.89. The van der Waals surface area contributed by atoms with Gasteiger partial charge in [0.25, 0.3) is 0 Å². The molecular formula is C13H12F3N3O. The van der Waals surface area contributed by atoms with Crippen molar-refractivity contribution in [2.45, 2.75) is 18.5 Å². The van der Waals surface area contributed by atoms with E-state index in [1.807, 2.05) is 0 Å². The molecule has 20 heavy (non-hydrogen) atoms. The second-order valence-electron chi connectivity index (χ2n) is 4.88. The molecule has 106 valence electrons. The summed E-state index contributed by atoms with van der Waals surface area (Å²) in [6.07, 6.45) is -3.62. The molecule has 1 atom stereocenters. The molecule has 0 amide bonds. The third kappa shape index (κ3) is 2.29. The van der Waals surface area contributed by atoms with Gasteiger partial charge in [-0.05, 0) is 31.2 Å². The van der Waals surface area contributed by atoms with Gasteiger partial charge in [0.1, 0.15) is 0 Å². The zero-order valence-corrected chi connectivity index (χ0v) is 10.4. The highest BCUT2D eigenvalue weighted by atomic mass is 19.4. The van der Waals surface area contributed by atoms with E-state index in [4.69, 9.17) is 0 Å². The minimum atomic E-state index is -4.41. The van der Waals surface area contributed by atoms with Crippen molar-refractivity contribution in [1.29, 1.82) is 0 Å². The molecule has 7 heteroatoms. The number of nitrogens with one attached hydrogen (secondary N) is 2. The minimum absolute atomic E-state index is 0.0108. The van der Waals surface area contributed by atoms with Gasteiger partial charge in [0.05, 0.1) is 11.1 Å². The minimum Gasteiger partial charge on any atom is -0.316 e. The number of benzene rings is 1. The number of halogens is 3. The van der Waals surface area contributed by atoms with Crippen LogP contribution in [0.2, 0.25) is 0 Å². The molecule has 2 N–H and O–H groups in total. The fraction of sp³-hybridized carbons (Fsp3) is 0.385. The summed E-state index contributed by atoms with van der Waals surface area (Å²) in [5, 5.41) is 3.50. The molecule has 1 aliphatic rings. The molecule has 2 heterocycles. The molecule has 0 spiro atoms. The van der Waals surface area contributed by atoms with Gasteiger partial charge >= 0.3 is 11.9 Å². The van der Waals surface area contributed by atoms with Crippen molar-refractivity contribution in [3.63, 3.8) is 0 Å². The van der Waals surface area contributed by atoms with E-state index in [0.29, 0.717) is 23.1 Å². The zero-order valence-electron chi connectivity index (χ0n) is 10.4. The van der Waals surface area contributed by atoms with Crippen molar-refractivity contribution >= 4 is 10.9 Å². The van der Waals surface area contributed by atoms with E-state index in [1.54, 1.807) is 0 Å². The molecule has 0 bridgehead atoms. The SMILES string of the molecule is O=c1nc2ccc(C(F)(F)F)cc2c(C2CCNC2)[nH]1. The molecular weight excluding hydrogens is 271 g/mol. The van der Waals surface area contributed by atoms with E-state index in [-0.39, 0.29) is 5.92 Å². The van der Waals surface area contributed by atoms with Gasteiger partial charge in [0.2, 0.25) is 0 Å². The van der Waals surface area contributed by atoms with Crippen LogP contribution in [0.15, 0.2) is 23.0 Å². The molecule has 1 aromatic carbocycles. The van der Waals surface area contributed by atoms with Crippen molar-refractivity contribution in [1.82, 2.24) is 15.3 Å². The van der Waals surface area contributed by atoms with Gasteiger partial charge in [0.15, 0.2) is 0 Å². The predicted molar refractivity (Wildman–Crippen MR) is 67.6 cm³/mol. The van der Waals surface area contributed by atoms with Crippen molar-refractivity contribution < 1.29 is 13.2 Å². The van der Waals surface area contributed by atoms with Crippen molar-refractivity contribution in [3.05, 3.63) is 39.9 Å². The number of aromatic amines is 1. The Morgan fingerprint density at radius 1 is 1.30 bits per heavy atom. The Balaban J connectivity index is 2.23. The van der Waals surface area contributed by atoms with Crippen LogP contribution in [0.1, 0.15) is 23.6 Å². The fourth-order valence-corrected chi connectivity index (χ4v) is 2.57. The van der Waals surface area contributed by atoms with E-state index in [2.05, 4.69) is 15.3 Å². The topological polar surface area (TPSA) is 57.8 Å². The first kappa shape index (κ1) is 13.1. The molecule has 1 aromatic heterocycles. The maximum atomic E-state index is 12.8. The van der Waals surface area contributed by atoms with Gasteiger partial charge in [-0.2, -0.15) is 18.2 Å². The lowest BCUT2D eigenvalue weighted by Crippen LogP contribution is -2.17. The van der Waals surface area contributed by atoms with E-state index in [0.717, 1.165) is 25.1 Å². The molecule has 1 unspecified atom stereocenters. The van der Waals surface area contributed by atoms with Crippen LogP contribution in [-0.2, 0) is 6.18 Å². The molecule has 1 aliphatic heterocycles. The third-order valence-electron chi connectivity index (χ3n) is 3.55. The summed E-state index contributed by atoms with van der Waals surface area (Å²) in [5.41, 5.74) is -0.426. The average Bonchev–Trinajstić information content (AvgIpc) is 2.89. The van der Waals surface area contributed by atoms with Crippen molar-refractivity contribution in [2.24, 2.45) is 0 Å². The first-order valence-corrected chi connectivity index (χ1v) is 6.27. The summed E-state index contributed by atoms with van der Waals surface area (Å²) in [7, 11) is 0. The lowest BCUT2D eigenvalue weighted by Gasteiger charge is -2.13. The van der Waals surface area contributed by atoms with Crippen LogP contribution in [0.4, 0.5) is 13.2 Å². The highest BCUT2D eigenvalue weighted by Gasteiger charge is 2.31. The Labute approximate surface area is 112 Å². The third-order valence-corrected chi connectivity index (χ3v) is 3.55. The maximum absolute atomic E-state index is 12.8. The van der Waals surface area contributed by atoms with Crippen LogP contribution in [0.5, 0.6) is 0 Å². The molecule has 2 aromatic rings. The van der Waals surface area contributed by atoms with Crippen molar-refractivity contribution in [3.8, 4) is 0 Å². The van der Waals surface area contributed by atoms with Crippen molar-refractivity contribution in [2.75, 3.05) is 13.1 Å². The summed E-state index contributed by atoms with van der Waals surface area (Å²) in [4.78, 5) is 17.9. The van der Waals surface area contributed by atoms with Crippen LogP contribution in [0.3, 0.4) is 0 Å². The number of nitrogens with zero attached hydrogens (tertiary/aromatic N) is 1. The molecule has 3 rings (SSSR count). The molecule has 1 saturated heterocycles. The smallest absolute Gasteiger partial charge is 0.316 e. The lowest BCUT2D eigenvalue weighted by molar-refractivity contribution is -0.137. The standard InChI is InChI=1S/C13H12F3N3O/c14-13(15,16)8-1-2-10-9(5-8)11(19-12(20)18-10)7-3-4-17-6-7/h1-2,5,7,17H,3-4,6H2,(H,18,19,20). The maximum Gasteiger partial charge on any atom is 0.416 e. The summed E-state index contributed by atoms with van der Waals surface area (Å²) in [6.45, 7) is 1.43. The van der Waals surface area contributed by atoms with Gasteiger partial charge in [-0.25, -0.2) is 4.79 Å². The first-order chi connectivity index (χ1) is 9.45. The van der Waals surface area contributed by atoms with Gasteiger partial charge in [-0.3, -0.25) is 0 Å². The number of hydrogen-bond donors (Lipinski definition) is 2. The average molecular weight is 283 g/mol. The van der Waals surface area contributed by atoms with Gasteiger partial charge in [0, 0.05) is 23.5 Å². The highest BCUT2D eigenvalue weighted by Crippen LogP contribution is 2.33. The lowest BCUT2D eigenvalue weighted by atomic mass is 9.99. The monoisotopic (exact) mass is 283 g/mol. The van der Waals surface area contributed by atoms with E-state index in [9.17, 15) is 18.0 Å². The van der Waals surface area contributed by atoms with Crippen LogP contribution in [0.25, 0.3) is 10.9 Å². The molecule has 4 nitrogen and oxygen atoms in total. The number of rotatable bonds is 1. The first-order valence-electron chi connectivity index (χ1n) is 6.27. The largest absolute Gasteiger partial charge is 0.416 e. The van der Waals surface area contributed by atoms with Gasteiger partial charge in [-0.1, -0.05) is 0 Å². The van der Waals surface area contributed by atoms with Crippen LogP contribution < -0.4 is 11.0 Å². The van der Waals surface area contributed by atoms with Crippen LogP contribution >= 0.6 is 0 Å². The van der Waals surface area contributed by atoms with E-state index >= 15 is 0 Å². The highest BCUT2D eigenvalue weighted by molar-refractivity contribution is 5.82. The van der Waals surface area contributed by atoms with Gasteiger partial charge < -0.3 is 10.3 Å².